The Hall–Kier alpha value is -1.36. The summed E-state index contributed by atoms with van der Waals surface area (Å²) in [5, 5.41) is 2.97. The Morgan fingerprint density at radius 1 is 1.19 bits per heavy atom. The van der Waals surface area contributed by atoms with Crippen LogP contribution in [0, 0.1) is 46.3 Å². The third-order valence-electron chi connectivity index (χ3n) is 11.6. The number of ether oxygens (including phenoxy) is 2. The van der Waals surface area contributed by atoms with Gasteiger partial charge in [0.05, 0.1) is 12.2 Å². The van der Waals surface area contributed by atoms with Gasteiger partial charge in [-0.05, 0) is 97.7 Å². The zero-order valence-corrected chi connectivity index (χ0v) is 23.5. The SMILES string of the molecule is CC(=O)NCC(C)CCC1OC2CC3C4CC=C5CC(OC(C)=O)CCC5(C)C4CCC3(C)C2C1C. The number of hydrogen-bond acceptors (Lipinski definition) is 4. The van der Waals surface area contributed by atoms with Gasteiger partial charge in [0.15, 0.2) is 0 Å². The van der Waals surface area contributed by atoms with Crippen molar-refractivity contribution in [1.82, 2.24) is 5.32 Å². The van der Waals surface area contributed by atoms with Gasteiger partial charge >= 0.3 is 5.97 Å². The summed E-state index contributed by atoms with van der Waals surface area (Å²) < 4.78 is 12.5. The van der Waals surface area contributed by atoms with E-state index < -0.39 is 0 Å². The van der Waals surface area contributed by atoms with E-state index in [0.717, 1.165) is 56.4 Å². The highest BCUT2D eigenvalue weighted by molar-refractivity contribution is 5.72. The first-order valence-corrected chi connectivity index (χ1v) is 14.8. The summed E-state index contributed by atoms with van der Waals surface area (Å²) in [5.74, 6) is 3.98. The molecule has 11 unspecified atom stereocenters. The van der Waals surface area contributed by atoms with E-state index in [9.17, 15) is 9.59 Å². The molecule has 1 heterocycles. The molecule has 0 aromatic rings. The van der Waals surface area contributed by atoms with E-state index in [4.69, 9.17) is 9.47 Å². The summed E-state index contributed by atoms with van der Waals surface area (Å²) in [5.41, 5.74) is 2.23. The Kier molecular flexibility index (Phi) is 7.11. The van der Waals surface area contributed by atoms with Crippen LogP contribution in [0.25, 0.3) is 0 Å². The van der Waals surface area contributed by atoms with E-state index in [1.54, 1.807) is 12.5 Å². The molecule has 5 heteroatoms. The van der Waals surface area contributed by atoms with Crippen LogP contribution >= 0.6 is 0 Å². The van der Waals surface area contributed by atoms with Crippen molar-refractivity contribution >= 4 is 11.9 Å². The lowest BCUT2D eigenvalue weighted by Crippen LogP contribution is -2.51. The van der Waals surface area contributed by atoms with Gasteiger partial charge in [-0.15, -0.1) is 0 Å². The van der Waals surface area contributed by atoms with Crippen molar-refractivity contribution < 1.29 is 19.1 Å². The third-order valence-corrected chi connectivity index (χ3v) is 11.6. The monoisotopic (exact) mass is 499 g/mol. The highest BCUT2D eigenvalue weighted by atomic mass is 16.5. The summed E-state index contributed by atoms with van der Waals surface area (Å²) in [6.45, 7) is 13.7. The molecule has 5 nitrogen and oxygen atoms in total. The Labute approximate surface area is 218 Å². The normalized spacial score (nSPS) is 46.0. The number of fused-ring (bicyclic) bond motifs is 7. The van der Waals surface area contributed by atoms with Crippen LogP contribution in [0.3, 0.4) is 0 Å². The Bertz CT molecular complexity index is 899. The summed E-state index contributed by atoms with van der Waals surface area (Å²) in [6, 6.07) is 0. The Morgan fingerprint density at radius 2 is 1.97 bits per heavy atom. The van der Waals surface area contributed by atoms with Crippen molar-refractivity contribution in [1.29, 1.82) is 0 Å². The molecular weight excluding hydrogens is 450 g/mol. The van der Waals surface area contributed by atoms with Gasteiger partial charge in [-0.25, -0.2) is 0 Å². The van der Waals surface area contributed by atoms with Gasteiger partial charge in [0.2, 0.25) is 5.91 Å². The number of rotatable bonds is 6. The van der Waals surface area contributed by atoms with Crippen molar-refractivity contribution in [2.75, 3.05) is 6.54 Å². The zero-order valence-electron chi connectivity index (χ0n) is 23.5. The summed E-state index contributed by atoms with van der Waals surface area (Å²) in [4.78, 5) is 22.8. The fraction of sp³-hybridized carbons (Fsp3) is 0.871. The molecule has 0 bridgehead atoms. The van der Waals surface area contributed by atoms with Crippen LogP contribution in [0.4, 0.5) is 0 Å². The fourth-order valence-corrected chi connectivity index (χ4v) is 9.85. The lowest BCUT2D eigenvalue weighted by atomic mass is 9.47. The van der Waals surface area contributed by atoms with Gasteiger partial charge in [-0.1, -0.05) is 39.3 Å². The van der Waals surface area contributed by atoms with Crippen LogP contribution in [0.15, 0.2) is 11.6 Å². The maximum Gasteiger partial charge on any atom is 0.302 e. The second-order valence-corrected chi connectivity index (χ2v) is 13.7. The summed E-state index contributed by atoms with van der Waals surface area (Å²) in [7, 11) is 0. The minimum atomic E-state index is -0.140. The number of esters is 1. The molecule has 0 radical (unpaired) electrons. The number of allylic oxidation sites excluding steroid dienone is 1. The van der Waals surface area contributed by atoms with Crippen LogP contribution in [0.5, 0.6) is 0 Å². The molecule has 0 aromatic carbocycles. The molecule has 5 aliphatic rings. The maximum atomic E-state index is 11.5. The minimum Gasteiger partial charge on any atom is -0.462 e. The van der Waals surface area contributed by atoms with E-state index >= 15 is 0 Å². The van der Waals surface area contributed by atoms with Gasteiger partial charge in [-0.3, -0.25) is 9.59 Å². The Morgan fingerprint density at radius 3 is 2.69 bits per heavy atom. The van der Waals surface area contributed by atoms with E-state index in [1.807, 2.05) is 0 Å². The second kappa shape index (κ2) is 9.75. The maximum absolute atomic E-state index is 11.5. The van der Waals surface area contributed by atoms with Gasteiger partial charge in [0.1, 0.15) is 6.10 Å². The quantitative estimate of drug-likeness (QED) is 0.356. The predicted octanol–water partition coefficient (Wildman–Crippen LogP) is 6.06. The molecule has 202 valence electrons. The second-order valence-electron chi connectivity index (χ2n) is 13.7. The van der Waals surface area contributed by atoms with Gasteiger partial charge in [0, 0.05) is 26.8 Å². The lowest BCUT2D eigenvalue weighted by molar-refractivity contribution is -0.148. The van der Waals surface area contributed by atoms with E-state index in [2.05, 4.69) is 39.1 Å². The van der Waals surface area contributed by atoms with Gasteiger partial charge in [-0.2, -0.15) is 0 Å². The highest BCUT2D eigenvalue weighted by Gasteiger charge is 2.65. The smallest absolute Gasteiger partial charge is 0.302 e. The molecule has 1 N–H and O–H groups in total. The molecule has 4 aliphatic carbocycles. The molecule has 0 aromatic heterocycles. The van der Waals surface area contributed by atoms with Crippen LogP contribution in [-0.4, -0.2) is 36.7 Å². The molecular formula is C31H49NO4. The first kappa shape index (κ1) is 26.3. The highest BCUT2D eigenvalue weighted by Crippen LogP contribution is 2.69. The topological polar surface area (TPSA) is 64.6 Å². The molecule has 0 spiro atoms. The van der Waals surface area contributed by atoms with Crippen LogP contribution < -0.4 is 5.32 Å². The molecule has 36 heavy (non-hydrogen) atoms. The van der Waals surface area contributed by atoms with Crippen LogP contribution in [0.1, 0.15) is 99.3 Å². The van der Waals surface area contributed by atoms with E-state index in [-0.39, 0.29) is 23.4 Å². The summed E-state index contributed by atoms with van der Waals surface area (Å²) in [6.07, 6.45) is 13.8. The minimum absolute atomic E-state index is 0.0624. The van der Waals surface area contributed by atoms with Crippen molar-refractivity contribution in [2.24, 2.45) is 46.3 Å². The van der Waals surface area contributed by atoms with E-state index in [1.165, 1.54) is 32.6 Å². The molecule has 1 saturated heterocycles. The summed E-state index contributed by atoms with van der Waals surface area (Å²) >= 11 is 0. The van der Waals surface area contributed by atoms with Crippen LogP contribution in [-0.2, 0) is 19.1 Å². The van der Waals surface area contributed by atoms with Crippen molar-refractivity contribution in [3.05, 3.63) is 11.6 Å². The van der Waals surface area contributed by atoms with Crippen molar-refractivity contribution in [3.63, 3.8) is 0 Å². The number of hydrogen-bond donors (Lipinski definition) is 1. The van der Waals surface area contributed by atoms with E-state index in [0.29, 0.717) is 35.4 Å². The first-order valence-electron chi connectivity index (χ1n) is 14.8. The number of nitrogens with one attached hydrogen (secondary N) is 1. The zero-order chi connectivity index (χ0) is 25.8. The largest absolute Gasteiger partial charge is 0.462 e. The number of carbonyl (C=O) groups is 2. The van der Waals surface area contributed by atoms with Crippen LogP contribution in [0.2, 0.25) is 0 Å². The van der Waals surface area contributed by atoms with Crippen molar-refractivity contribution in [2.45, 2.75) is 118 Å². The van der Waals surface area contributed by atoms with Crippen molar-refractivity contribution in [3.8, 4) is 0 Å². The Balaban J connectivity index is 1.25. The molecule has 1 amide bonds. The molecule has 4 fully saturated rings. The molecule has 3 saturated carbocycles. The fourth-order valence-electron chi connectivity index (χ4n) is 9.85. The van der Waals surface area contributed by atoms with Gasteiger partial charge < -0.3 is 14.8 Å². The molecule has 11 atom stereocenters. The lowest BCUT2D eigenvalue weighted by Gasteiger charge is -2.58. The predicted molar refractivity (Wildman–Crippen MR) is 141 cm³/mol. The van der Waals surface area contributed by atoms with Gasteiger partial charge in [0.25, 0.3) is 0 Å². The standard InChI is InChI=1S/C31H49NO4/c1-18(17-32-20(3)33)7-10-27-19(2)29-28(36-27)16-26-24-9-8-22-15-23(35-21(4)34)11-13-30(22,5)25(24)12-14-31(26,29)6/h8,18-19,23-29H,7,9-17H2,1-6H3,(H,32,33). The number of amides is 1. The molecule has 5 rings (SSSR count). The average Bonchev–Trinajstić information content (AvgIpc) is 3.29. The average molecular weight is 500 g/mol. The third kappa shape index (κ3) is 4.46. The molecule has 1 aliphatic heterocycles. The number of carbonyl (C=O) groups excluding carboxylic acids is 2. The first-order chi connectivity index (χ1) is 17.0.